The highest BCUT2D eigenvalue weighted by molar-refractivity contribution is 14.0. The molecule has 1 aromatic heterocycles. The first-order valence-electron chi connectivity index (χ1n) is 10.2. The number of ether oxygens (including phenoxy) is 2. The van der Waals surface area contributed by atoms with Gasteiger partial charge in [0.2, 0.25) is 0 Å². The predicted molar refractivity (Wildman–Crippen MR) is 132 cm³/mol. The summed E-state index contributed by atoms with van der Waals surface area (Å²) in [6.45, 7) is 5.37. The molecule has 2 N–H and O–H groups in total. The Morgan fingerprint density at radius 3 is 2.77 bits per heavy atom. The molecule has 0 saturated carbocycles. The first-order chi connectivity index (χ1) is 14.8. The molecule has 7 nitrogen and oxygen atoms in total. The Labute approximate surface area is 199 Å². The number of imidazole rings is 1. The molecule has 3 aromatic rings. The molecule has 4 rings (SSSR count). The van der Waals surface area contributed by atoms with Crippen molar-refractivity contribution in [2.45, 2.75) is 26.1 Å². The largest absolute Gasteiger partial charge is 0.486 e. The van der Waals surface area contributed by atoms with Gasteiger partial charge in [-0.2, -0.15) is 0 Å². The summed E-state index contributed by atoms with van der Waals surface area (Å²) in [6.07, 6.45) is 5.52. The van der Waals surface area contributed by atoms with Gasteiger partial charge < -0.3 is 24.7 Å². The number of nitrogens with one attached hydrogen (secondary N) is 2. The molecule has 1 aliphatic rings. The zero-order valence-corrected chi connectivity index (χ0v) is 19.9. The zero-order valence-electron chi connectivity index (χ0n) is 17.5. The van der Waals surface area contributed by atoms with Gasteiger partial charge in [0.05, 0.1) is 19.4 Å². The third kappa shape index (κ3) is 6.61. The van der Waals surface area contributed by atoms with E-state index in [1.54, 1.807) is 6.20 Å². The standard InChI is InChI=1S/C23H27N5O2.HI/c1-2-25-23(27-14-20-16-29-21-8-3-4-9-22(21)30-20)26-13-18-6-5-7-19(12-18)15-28-11-10-24-17-28;/h3-12,17,20H,2,13-16H2,1H3,(H2,25,26,27);1H. The van der Waals surface area contributed by atoms with Crippen molar-refractivity contribution in [1.82, 2.24) is 20.2 Å². The fourth-order valence-electron chi connectivity index (χ4n) is 3.30. The van der Waals surface area contributed by atoms with Crippen LogP contribution < -0.4 is 20.1 Å². The van der Waals surface area contributed by atoms with Crippen molar-refractivity contribution in [2.75, 3.05) is 19.7 Å². The lowest BCUT2D eigenvalue weighted by atomic mass is 10.1. The van der Waals surface area contributed by atoms with Gasteiger partial charge in [-0.25, -0.2) is 9.98 Å². The second kappa shape index (κ2) is 11.6. The molecule has 2 heterocycles. The summed E-state index contributed by atoms with van der Waals surface area (Å²) >= 11 is 0. The van der Waals surface area contributed by atoms with Gasteiger partial charge in [0.15, 0.2) is 17.5 Å². The van der Waals surface area contributed by atoms with E-state index in [2.05, 4.69) is 51.4 Å². The Hall–Kier alpha value is -2.75. The first-order valence-corrected chi connectivity index (χ1v) is 10.2. The van der Waals surface area contributed by atoms with E-state index in [9.17, 15) is 0 Å². The summed E-state index contributed by atoms with van der Waals surface area (Å²) in [7, 11) is 0. The van der Waals surface area contributed by atoms with Crippen LogP contribution in [0.5, 0.6) is 11.5 Å². The smallest absolute Gasteiger partial charge is 0.191 e. The second-order valence-corrected chi connectivity index (χ2v) is 7.13. The van der Waals surface area contributed by atoms with Crippen LogP contribution in [-0.2, 0) is 13.1 Å². The number of aromatic nitrogens is 2. The van der Waals surface area contributed by atoms with Crippen LogP contribution in [0.2, 0.25) is 0 Å². The summed E-state index contributed by atoms with van der Waals surface area (Å²) < 4.78 is 13.8. The van der Waals surface area contributed by atoms with E-state index < -0.39 is 0 Å². The zero-order chi connectivity index (χ0) is 20.6. The molecule has 0 bridgehead atoms. The molecule has 8 heteroatoms. The monoisotopic (exact) mass is 533 g/mol. The van der Waals surface area contributed by atoms with E-state index in [1.165, 1.54) is 5.56 Å². The van der Waals surface area contributed by atoms with Crippen LogP contribution in [0.25, 0.3) is 0 Å². The van der Waals surface area contributed by atoms with Gasteiger partial charge >= 0.3 is 0 Å². The lowest BCUT2D eigenvalue weighted by Crippen LogP contribution is -2.45. The Bertz CT molecular complexity index is 978. The van der Waals surface area contributed by atoms with Gasteiger partial charge in [0.25, 0.3) is 0 Å². The Kier molecular flexibility index (Phi) is 8.57. The minimum Gasteiger partial charge on any atom is -0.486 e. The maximum atomic E-state index is 6.01. The highest BCUT2D eigenvalue weighted by Gasteiger charge is 2.20. The molecule has 1 aliphatic heterocycles. The molecule has 31 heavy (non-hydrogen) atoms. The predicted octanol–water partition coefficient (Wildman–Crippen LogP) is 3.44. The van der Waals surface area contributed by atoms with E-state index in [1.807, 2.05) is 36.8 Å². The lowest BCUT2D eigenvalue weighted by Gasteiger charge is -2.27. The number of para-hydroxylation sites is 2. The van der Waals surface area contributed by atoms with Crippen LogP contribution in [0.1, 0.15) is 18.1 Å². The molecule has 0 amide bonds. The van der Waals surface area contributed by atoms with Crippen molar-refractivity contribution in [2.24, 2.45) is 4.99 Å². The van der Waals surface area contributed by atoms with Crippen molar-refractivity contribution < 1.29 is 9.47 Å². The van der Waals surface area contributed by atoms with Crippen molar-refractivity contribution >= 4 is 29.9 Å². The van der Waals surface area contributed by atoms with Gasteiger partial charge in [0, 0.05) is 25.5 Å². The SMILES string of the molecule is CCNC(=NCc1cccc(Cn2ccnc2)c1)NCC1COc2ccccc2O1.I. The molecule has 0 spiro atoms. The molecule has 164 valence electrons. The number of hydrogen-bond donors (Lipinski definition) is 2. The summed E-state index contributed by atoms with van der Waals surface area (Å²) in [5.41, 5.74) is 2.39. The number of nitrogens with zero attached hydrogens (tertiary/aromatic N) is 3. The maximum absolute atomic E-state index is 6.01. The summed E-state index contributed by atoms with van der Waals surface area (Å²) in [4.78, 5) is 8.83. The van der Waals surface area contributed by atoms with Crippen molar-refractivity contribution in [1.29, 1.82) is 0 Å². The number of hydrogen-bond acceptors (Lipinski definition) is 4. The molecule has 0 aliphatic carbocycles. The normalized spacial score (nSPS) is 15.1. The van der Waals surface area contributed by atoms with E-state index >= 15 is 0 Å². The minimum absolute atomic E-state index is 0. The van der Waals surface area contributed by atoms with Crippen LogP contribution in [-0.4, -0.2) is 41.3 Å². The molecule has 0 saturated heterocycles. The van der Waals surface area contributed by atoms with Crippen LogP contribution in [0.15, 0.2) is 72.2 Å². The number of guanidine groups is 1. The lowest BCUT2D eigenvalue weighted by molar-refractivity contribution is 0.0936. The third-order valence-electron chi connectivity index (χ3n) is 4.74. The van der Waals surface area contributed by atoms with Gasteiger partial charge in [-0.1, -0.05) is 36.4 Å². The Morgan fingerprint density at radius 1 is 1.13 bits per heavy atom. The van der Waals surface area contributed by atoms with Crippen LogP contribution in [0.4, 0.5) is 0 Å². The first kappa shape index (κ1) is 22.9. The van der Waals surface area contributed by atoms with E-state index in [0.29, 0.717) is 19.7 Å². The quantitative estimate of drug-likeness (QED) is 0.277. The highest BCUT2D eigenvalue weighted by Crippen LogP contribution is 2.30. The highest BCUT2D eigenvalue weighted by atomic mass is 127. The molecule has 0 radical (unpaired) electrons. The topological polar surface area (TPSA) is 72.7 Å². The Balaban J connectivity index is 0.00000272. The molecule has 1 unspecified atom stereocenters. The van der Waals surface area contributed by atoms with Crippen molar-refractivity contribution in [3.05, 3.63) is 78.4 Å². The minimum atomic E-state index is -0.0673. The molecular formula is C23H28IN5O2. The van der Waals surface area contributed by atoms with Crippen LogP contribution in [0, 0.1) is 0 Å². The average molecular weight is 533 g/mol. The maximum Gasteiger partial charge on any atom is 0.191 e. The van der Waals surface area contributed by atoms with Crippen LogP contribution >= 0.6 is 24.0 Å². The summed E-state index contributed by atoms with van der Waals surface area (Å²) in [6, 6.07) is 16.2. The summed E-state index contributed by atoms with van der Waals surface area (Å²) in [5.74, 6) is 2.34. The molecule has 2 aromatic carbocycles. The molecule has 1 atom stereocenters. The van der Waals surface area contributed by atoms with E-state index in [4.69, 9.17) is 14.5 Å². The van der Waals surface area contributed by atoms with E-state index in [-0.39, 0.29) is 30.1 Å². The van der Waals surface area contributed by atoms with Crippen molar-refractivity contribution in [3.63, 3.8) is 0 Å². The third-order valence-corrected chi connectivity index (χ3v) is 4.74. The fraction of sp³-hybridized carbons (Fsp3) is 0.304. The number of rotatable bonds is 7. The number of aliphatic imine (C=N–C) groups is 1. The van der Waals surface area contributed by atoms with Gasteiger partial charge in [-0.15, -0.1) is 24.0 Å². The Morgan fingerprint density at radius 2 is 1.97 bits per heavy atom. The number of fused-ring (bicyclic) bond motifs is 1. The number of halogens is 1. The molecular weight excluding hydrogens is 505 g/mol. The second-order valence-electron chi connectivity index (χ2n) is 7.13. The van der Waals surface area contributed by atoms with Gasteiger partial charge in [-0.3, -0.25) is 0 Å². The van der Waals surface area contributed by atoms with Gasteiger partial charge in [-0.05, 0) is 30.2 Å². The fourth-order valence-corrected chi connectivity index (χ4v) is 3.30. The average Bonchev–Trinajstić information content (AvgIpc) is 3.29. The van der Waals surface area contributed by atoms with Crippen LogP contribution in [0.3, 0.4) is 0 Å². The number of benzene rings is 2. The van der Waals surface area contributed by atoms with Gasteiger partial charge in [0.1, 0.15) is 12.7 Å². The van der Waals surface area contributed by atoms with Crippen molar-refractivity contribution in [3.8, 4) is 11.5 Å². The molecule has 0 fully saturated rings. The van der Waals surface area contributed by atoms with E-state index in [0.717, 1.165) is 36.1 Å². The summed E-state index contributed by atoms with van der Waals surface area (Å²) in [5, 5.41) is 6.66.